The van der Waals surface area contributed by atoms with Gasteiger partial charge in [0.05, 0.1) is 12.3 Å². The number of hydrogen-bond donors (Lipinski definition) is 2. The third-order valence-corrected chi connectivity index (χ3v) is 4.64. The van der Waals surface area contributed by atoms with Gasteiger partial charge in [0.25, 0.3) is 11.8 Å². The number of carboxylic acids is 1. The van der Waals surface area contributed by atoms with Gasteiger partial charge in [0.15, 0.2) is 18.1 Å². The van der Waals surface area contributed by atoms with Crippen LogP contribution in [0, 0.1) is 0 Å². The fraction of sp³-hybridized carbons (Fsp3) is 0.143. The lowest BCUT2D eigenvalue weighted by Crippen LogP contribution is -2.54. The van der Waals surface area contributed by atoms with Gasteiger partial charge in [-0.05, 0) is 55.0 Å². The number of amides is 4. The molecule has 0 saturated carbocycles. The summed E-state index contributed by atoms with van der Waals surface area (Å²) in [4.78, 5) is 49.1. The summed E-state index contributed by atoms with van der Waals surface area (Å²) in [6.07, 6.45) is 1.32. The Morgan fingerprint density at radius 1 is 1.10 bits per heavy atom. The number of carbonyl (C=O) groups is 4. The maximum atomic E-state index is 12.9. The first-order valence-electron chi connectivity index (χ1n) is 9.08. The molecule has 2 aromatic rings. The predicted molar refractivity (Wildman–Crippen MR) is 114 cm³/mol. The molecule has 3 rings (SSSR count). The highest BCUT2D eigenvalue weighted by atomic mass is 79.9. The zero-order chi connectivity index (χ0) is 22.5. The molecule has 0 bridgehead atoms. The summed E-state index contributed by atoms with van der Waals surface area (Å²) in [6, 6.07) is 10.1. The molecule has 10 heteroatoms. The zero-order valence-electron chi connectivity index (χ0n) is 16.3. The second kappa shape index (κ2) is 9.43. The van der Waals surface area contributed by atoms with Crippen molar-refractivity contribution in [1.82, 2.24) is 5.32 Å². The van der Waals surface area contributed by atoms with E-state index < -0.39 is 30.4 Å². The van der Waals surface area contributed by atoms with Crippen molar-refractivity contribution in [2.45, 2.75) is 6.92 Å². The molecule has 1 saturated heterocycles. The van der Waals surface area contributed by atoms with Crippen LogP contribution in [0.2, 0.25) is 0 Å². The second-order valence-electron chi connectivity index (χ2n) is 6.26. The molecule has 2 aromatic carbocycles. The summed E-state index contributed by atoms with van der Waals surface area (Å²) >= 11 is 3.29. The van der Waals surface area contributed by atoms with E-state index in [1.54, 1.807) is 31.2 Å². The molecule has 0 aliphatic carbocycles. The lowest BCUT2D eigenvalue weighted by Gasteiger charge is -2.26. The van der Waals surface area contributed by atoms with Gasteiger partial charge >= 0.3 is 12.0 Å². The first-order chi connectivity index (χ1) is 14.8. The number of imide groups is 2. The smallest absolute Gasteiger partial charge is 0.341 e. The van der Waals surface area contributed by atoms with Gasteiger partial charge in [-0.1, -0.05) is 22.0 Å². The average Bonchev–Trinajstić information content (AvgIpc) is 2.72. The normalized spacial score (nSPS) is 15.1. The first-order valence-corrected chi connectivity index (χ1v) is 9.88. The van der Waals surface area contributed by atoms with Crippen molar-refractivity contribution in [1.29, 1.82) is 0 Å². The third kappa shape index (κ3) is 5.10. The van der Waals surface area contributed by atoms with Crippen LogP contribution in [0.1, 0.15) is 12.5 Å². The second-order valence-corrected chi connectivity index (χ2v) is 7.17. The minimum Gasteiger partial charge on any atom is -0.490 e. The van der Waals surface area contributed by atoms with Gasteiger partial charge in [-0.15, -0.1) is 0 Å². The molecule has 0 radical (unpaired) electrons. The molecule has 2 N–H and O–H groups in total. The Kier molecular flexibility index (Phi) is 6.71. The Labute approximate surface area is 185 Å². The molecule has 9 nitrogen and oxygen atoms in total. The van der Waals surface area contributed by atoms with Gasteiger partial charge in [0.2, 0.25) is 0 Å². The van der Waals surface area contributed by atoms with Gasteiger partial charge in [-0.25, -0.2) is 14.5 Å². The van der Waals surface area contributed by atoms with Crippen LogP contribution in [0.15, 0.2) is 52.5 Å². The number of benzene rings is 2. The van der Waals surface area contributed by atoms with E-state index >= 15 is 0 Å². The Bertz CT molecular complexity index is 1080. The van der Waals surface area contributed by atoms with E-state index in [1.807, 2.05) is 0 Å². The van der Waals surface area contributed by atoms with Crippen LogP contribution in [0.3, 0.4) is 0 Å². The van der Waals surface area contributed by atoms with Crippen LogP contribution in [0.25, 0.3) is 6.08 Å². The molecule has 4 amide bonds. The van der Waals surface area contributed by atoms with Crippen molar-refractivity contribution < 1.29 is 33.8 Å². The fourth-order valence-electron chi connectivity index (χ4n) is 2.79. The standard InChI is InChI=1S/C21H17BrN2O7/c1-2-30-17-10-12(3-8-16(17)31-11-18(25)26)9-15-19(27)23-21(29)24(20(15)28)14-6-4-13(22)5-7-14/h3-10H,2,11H2,1H3,(H,25,26)(H,23,27,29). The third-order valence-electron chi connectivity index (χ3n) is 4.12. The molecule has 0 unspecified atom stereocenters. The maximum absolute atomic E-state index is 12.9. The Balaban J connectivity index is 1.95. The largest absolute Gasteiger partial charge is 0.490 e. The van der Waals surface area contributed by atoms with Crippen molar-refractivity contribution >= 4 is 51.5 Å². The molecule has 1 fully saturated rings. The number of nitrogens with zero attached hydrogens (tertiary/aromatic N) is 1. The van der Waals surface area contributed by atoms with Crippen molar-refractivity contribution in [3.8, 4) is 11.5 Å². The van der Waals surface area contributed by atoms with Crippen molar-refractivity contribution in [3.63, 3.8) is 0 Å². The number of rotatable bonds is 7. The molecule has 1 aliphatic rings. The summed E-state index contributed by atoms with van der Waals surface area (Å²) in [7, 11) is 0. The van der Waals surface area contributed by atoms with Crippen LogP contribution in [-0.2, 0) is 14.4 Å². The number of ether oxygens (including phenoxy) is 2. The number of barbiturate groups is 1. The van der Waals surface area contributed by atoms with E-state index in [-0.39, 0.29) is 23.7 Å². The number of halogens is 1. The van der Waals surface area contributed by atoms with Gasteiger partial charge in [-0.2, -0.15) is 0 Å². The van der Waals surface area contributed by atoms with Crippen LogP contribution >= 0.6 is 15.9 Å². The van der Waals surface area contributed by atoms with E-state index in [4.69, 9.17) is 14.6 Å². The average molecular weight is 489 g/mol. The topological polar surface area (TPSA) is 122 Å². The van der Waals surface area contributed by atoms with E-state index in [9.17, 15) is 19.2 Å². The maximum Gasteiger partial charge on any atom is 0.341 e. The molecule has 160 valence electrons. The monoisotopic (exact) mass is 488 g/mol. The summed E-state index contributed by atoms with van der Waals surface area (Å²) in [5.74, 6) is -2.29. The highest BCUT2D eigenvalue weighted by Gasteiger charge is 2.36. The number of nitrogens with one attached hydrogen (secondary N) is 1. The van der Waals surface area contributed by atoms with Crippen molar-refractivity contribution in [2.75, 3.05) is 18.1 Å². The minimum atomic E-state index is -1.14. The van der Waals surface area contributed by atoms with E-state index in [0.717, 1.165) is 9.37 Å². The van der Waals surface area contributed by atoms with E-state index in [0.29, 0.717) is 11.3 Å². The van der Waals surface area contributed by atoms with Crippen molar-refractivity contribution in [3.05, 3.63) is 58.1 Å². The number of anilines is 1. The van der Waals surface area contributed by atoms with Gasteiger partial charge < -0.3 is 14.6 Å². The van der Waals surface area contributed by atoms with Crippen LogP contribution in [0.4, 0.5) is 10.5 Å². The number of carbonyl (C=O) groups excluding carboxylic acids is 3. The molecule has 1 heterocycles. The quantitative estimate of drug-likeness (QED) is 0.453. The summed E-state index contributed by atoms with van der Waals surface area (Å²) < 4.78 is 11.4. The number of urea groups is 1. The molecule has 0 aromatic heterocycles. The Morgan fingerprint density at radius 3 is 2.45 bits per heavy atom. The highest BCUT2D eigenvalue weighted by Crippen LogP contribution is 2.30. The summed E-state index contributed by atoms with van der Waals surface area (Å²) in [5, 5.41) is 10.9. The number of aliphatic carboxylic acids is 1. The number of hydrogen-bond acceptors (Lipinski definition) is 6. The van der Waals surface area contributed by atoms with Gasteiger partial charge in [0.1, 0.15) is 5.57 Å². The first kappa shape index (κ1) is 22.0. The van der Waals surface area contributed by atoms with Crippen molar-refractivity contribution in [2.24, 2.45) is 0 Å². The van der Waals surface area contributed by atoms with E-state index in [2.05, 4.69) is 21.2 Å². The highest BCUT2D eigenvalue weighted by molar-refractivity contribution is 9.10. The van der Waals surface area contributed by atoms with Gasteiger partial charge in [-0.3, -0.25) is 14.9 Å². The molecule has 1 aliphatic heterocycles. The summed E-state index contributed by atoms with van der Waals surface area (Å²) in [5.41, 5.74) is 0.482. The van der Waals surface area contributed by atoms with Crippen LogP contribution in [0.5, 0.6) is 11.5 Å². The predicted octanol–water partition coefficient (Wildman–Crippen LogP) is 2.98. The minimum absolute atomic E-state index is 0.206. The van der Waals surface area contributed by atoms with Crippen LogP contribution in [-0.4, -0.2) is 42.1 Å². The molecule has 0 spiro atoms. The fourth-order valence-corrected chi connectivity index (χ4v) is 3.05. The van der Waals surface area contributed by atoms with E-state index in [1.165, 1.54) is 24.3 Å². The molecule has 0 atom stereocenters. The molecular weight excluding hydrogens is 472 g/mol. The lowest BCUT2D eigenvalue weighted by molar-refractivity contribution is -0.139. The van der Waals surface area contributed by atoms with Crippen LogP contribution < -0.4 is 19.7 Å². The molecule has 31 heavy (non-hydrogen) atoms. The summed E-state index contributed by atoms with van der Waals surface area (Å²) in [6.45, 7) is 1.48. The SMILES string of the molecule is CCOc1cc(C=C2C(=O)NC(=O)N(c3ccc(Br)cc3)C2=O)ccc1OCC(=O)O. The number of carboxylic acid groups (broad SMARTS) is 1. The molecular formula is C21H17BrN2O7. The zero-order valence-corrected chi connectivity index (χ0v) is 17.8. The lowest BCUT2D eigenvalue weighted by atomic mass is 10.1. The van der Waals surface area contributed by atoms with Gasteiger partial charge in [0, 0.05) is 4.47 Å². The Morgan fingerprint density at radius 2 is 1.81 bits per heavy atom. The Hall–Kier alpha value is -3.66.